The predicted molar refractivity (Wildman–Crippen MR) is 91.9 cm³/mol. The summed E-state index contributed by atoms with van der Waals surface area (Å²) in [6.07, 6.45) is 0.291. The van der Waals surface area contributed by atoms with Gasteiger partial charge in [0.15, 0.2) is 0 Å². The summed E-state index contributed by atoms with van der Waals surface area (Å²) in [4.78, 5) is 28.0. The molecule has 4 nitrogen and oxygen atoms in total. The Kier molecular flexibility index (Phi) is 4.30. The van der Waals surface area contributed by atoms with Gasteiger partial charge in [-0.2, -0.15) is 11.3 Å². The zero-order valence-electron chi connectivity index (χ0n) is 13.0. The lowest BCUT2D eigenvalue weighted by Gasteiger charge is -2.20. The number of hydrogen-bond donors (Lipinski definition) is 0. The van der Waals surface area contributed by atoms with Gasteiger partial charge in [0.1, 0.15) is 0 Å². The molecule has 0 aliphatic carbocycles. The fraction of sp³-hybridized carbons (Fsp3) is 0.222. The van der Waals surface area contributed by atoms with Crippen molar-refractivity contribution in [2.75, 3.05) is 13.6 Å². The minimum atomic E-state index is -0.0705. The molecular formula is C18H18N2O2S. The monoisotopic (exact) mass is 326 g/mol. The first-order chi connectivity index (χ1) is 11.1. The number of rotatable bonds is 5. The van der Waals surface area contributed by atoms with Crippen LogP contribution in [0.2, 0.25) is 0 Å². The molecule has 1 aromatic carbocycles. The molecule has 5 heteroatoms. The quantitative estimate of drug-likeness (QED) is 0.846. The van der Waals surface area contributed by atoms with Crippen molar-refractivity contribution in [3.05, 3.63) is 64.4 Å². The van der Waals surface area contributed by atoms with Crippen molar-refractivity contribution in [2.24, 2.45) is 0 Å². The third-order valence-corrected chi connectivity index (χ3v) is 4.75. The lowest BCUT2D eigenvalue weighted by Crippen LogP contribution is -2.31. The molecule has 1 aromatic heterocycles. The highest BCUT2D eigenvalue weighted by molar-refractivity contribution is 7.07. The van der Waals surface area contributed by atoms with Crippen LogP contribution in [0.5, 0.6) is 0 Å². The van der Waals surface area contributed by atoms with E-state index in [0.29, 0.717) is 30.8 Å². The summed E-state index contributed by atoms with van der Waals surface area (Å²) in [7, 11) is 1.79. The van der Waals surface area contributed by atoms with Gasteiger partial charge >= 0.3 is 0 Å². The molecule has 0 N–H and O–H groups in total. The summed E-state index contributed by atoms with van der Waals surface area (Å²) < 4.78 is 0. The molecular weight excluding hydrogens is 308 g/mol. The van der Waals surface area contributed by atoms with Crippen molar-refractivity contribution in [1.29, 1.82) is 0 Å². The standard InChI is InChI=1S/C18H18N2O2S/c1-13-15-5-3-4-6-16(15)18(22)20(13)9-7-17(21)19(2)11-14-8-10-23-12-14/h3-6,8,10,12H,1,7,9,11H2,2H3. The van der Waals surface area contributed by atoms with E-state index in [2.05, 4.69) is 6.58 Å². The summed E-state index contributed by atoms with van der Waals surface area (Å²) in [5, 5.41) is 4.03. The zero-order chi connectivity index (χ0) is 16.4. The van der Waals surface area contributed by atoms with Crippen molar-refractivity contribution >= 4 is 28.8 Å². The molecule has 0 saturated carbocycles. The van der Waals surface area contributed by atoms with E-state index in [0.717, 1.165) is 11.1 Å². The maximum absolute atomic E-state index is 12.4. The Hall–Kier alpha value is -2.40. The van der Waals surface area contributed by atoms with Crippen molar-refractivity contribution in [3.8, 4) is 0 Å². The number of carbonyl (C=O) groups is 2. The number of hydrogen-bond acceptors (Lipinski definition) is 3. The molecule has 23 heavy (non-hydrogen) atoms. The number of nitrogens with zero attached hydrogens (tertiary/aromatic N) is 2. The molecule has 0 radical (unpaired) electrons. The van der Waals surface area contributed by atoms with Gasteiger partial charge in [-0.05, 0) is 28.5 Å². The van der Waals surface area contributed by atoms with Crippen LogP contribution >= 0.6 is 11.3 Å². The second kappa shape index (κ2) is 6.38. The third kappa shape index (κ3) is 3.05. The summed E-state index contributed by atoms with van der Waals surface area (Å²) in [5.41, 5.74) is 3.33. The fourth-order valence-electron chi connectivity index (χ4n) is 2.71. The largest absolute Gasteiger partial charge is 0.341 e. The number of amides is 2. The first-order valence-corrected chi connectivity index (χ1v) is 8.37. The molecule has 1 aliphatic heterocycles. The van der Waals surface area contributed by atoms with Gasteiger partial charge in [0.2, 0.25) is 5.91 Å². The molecule has 2 aromatic rings. The van der Waals surface area contributed by atoms with Gasteiger partial charge in [-0.3, -0.25) is 9.59 Å². The van der Waals surface area contributed by atoms with Crippen LogP contribution in [0.15, 0.2) is 47.7 Å². The Morgan fingerprint density at radius 1 is 1.26 bits per heavy atom. The average Bonchev–Trinajstić information content (AvgIpc) is 3.14. The summed E-state index contributed by atoms with van der Waals surface area (Å²) in [6.45, 7) is 4.95. The Morgan fingerprint density at radius 2 is 2.00 bits per heavy atom. The fourth-order valence-corrected chi connectivity index (χ4v) is 3.37. The van der Waals surface area contributed by atoms with E-state index in [1.165, 1.54) is 0 Å². The highest BCUT2D eigenvalue weighted by Gasteiger charge is 2.30. The normalized spacial score (nSPS) is 13.3. The lowest BCUT2D eigenvalue weighted by molar-refractivity contribution is -0.130. The number of benzene rings is 1. The minimum Gasteiger partial charge on any atom is -0.341 e. The van der Waals surface area contributed by atoms with E-state index in [4.69, 9.17) is 0 Å². The Morgan fingerprint density at radius 3 is 2.65 bits per heavy atom. The van der Waals surface area contributed by atoms with Crippen LogP contribution in [0.25, 0.3) is 5.70 Å². The number of fused-ring (bicyclic) bond motifs is 1. The average molecular weight is 326 g/mol. The Bertz CT molecular complexity index is 717. The van der Waals surface area contributed by atoms with Crippen molar-refractivity contribution < 1.29 is 9.59 Å². The first kappa shape index (κ1) is 15.5. The van der Waals surface area contributed by atoms with E-state index in [-0.39, 0.29) is 11.8 Å². The molecule has 0 bridgehead atoms. The van der Waals surface area contributed by atoms with E-state index in [1.807, 2.05) is 35.0 Å². The van der Waals surface area contributed by atoms with Crippen LogP contribution in [0, 0.1) is 0 Å². The Labute approximate surface area is 139 Å². The van der Waals surface area contributed by atoms with Crippen molar-refractivity contribution in [2.45, 2.75) is 13.0 Å². The number of carbonyl (C=O) groups excluding carboxylic acids is 2. The van der Waals surface area contributed by atoms with Gasteiger partial charge in [0, 0.05) is 43.4 Å². The van der Waals surface area contributed by atoms with Crippen molar-refractivity contribution in [1.82, 2.24) is 9.80 Å². The topological polar surface area (TPSA) is 40.6 Å². The smallest absolute Gasteiger partial charge is 0.258 e. The molecule has 0 spiro atoms. The third-order valence-electron chi connectivity index (χ3n) is 4.01. The highest BCUT2D eigenvalue weighted by Crippen LogP contribution is 2.31. The van der Waals surface area contributed by atoms with E-state index < -0.39 is 0 Å². The summed E-state index contributed by atoms with van der Waals surface area (Å²) >= 11 is 1.62. The summed E-state index contributed by atoms with van der Waals surface area (Å²) in [5.74, 6) is -0.0494. The van der Waals surface area contributed by atoms with Gasteiger partial charge < -0.3 is 9.80 Å². The van der Waals surface area contributed by atoms with Gasteiger partial charge in [-0.1, -0.05) is 24.8 Å². The molecule has 1 aliphatic rings. The van der Waals surface area contributed by atoms with Crippen LogP contribution in [0.1, 0.15) is 27.9 Å². The van der Waals surface area contributed by atoms with Gasteiger partial charge in [0.05, 0.1) is 0 Å². The highest BCUT2D eigenvalue weighted by atomic mass is 32.1. The zero-order valence-corrected chi connectivity index (χ0v) is 13.8. The van der Waals surface area contributed by atoms with Crippen LogP contribution in [0.3, 0.4) is 0 Å². The van der Waals surface area contributed by atoms with Gasteiger partial charge in [-0.15, -0.1) is 0 Å². The maximum atomic E-state index is 12.4. The molecule has 0 fully saturated rings. The molecule has 0 unspecified atom stereocenters. The molecule has 3 rings (SSSR count). The van der Waals surface area contributed by atoms with E-state index in [9.17, 15) is 9.59 Å². The molecule has 2 heterocycles. The maximum Gasteiger partial charge on any atom is 0.258 e. The predicted octanol–water partition coefficient (Wildman–Crippen LogP) is 3.22. The Balaban J connectivity index is 1.60. The van der Waals surface area contributed by atoms with Crippen molar-refractivity contribution in [3.63, 3.8) is 0 Å². The van der Waals surface area contributed by atoms with Crippen LogP contribution in [-0.2, 0) is 11.3 Å². The molecule has 0 atom stereocenters. The minimum absolute atomic E-state index is 0.0211. The van der Waals surface area contributed by atoms with Crippen LogP contribution < -0.4 is 0 Å². The van der Waals surface area contributed by atoms with E-state index >= 15 is 0 Å². The van der Waals surface area contributed by atoms with E-state index in [1.54, 1.807) is 34.3 Å². The number of thiophene rings is 1. The second-order valence-corrected chi connectivity index (χ2v) is 6.36. The molecule has 2 amide bonds. The summed E-state index contributed by atoms with van der Waals surface area (Å²) in [6, 6.07) is 9.43. The first-order valence-electron chi connectivity index (χ1n) is 7.43. The van der Waals surface area contributed by atoms with Crippen LogP contribution in [-0.4, -0.2) is 35.2 Å². The van der Waals surface area contributed by atoms with Gasteiger partial charge in [-0.25, -0.2) is 0 Å². The lowest BCUT2D eigenvalue weighted by atomic mass is 10.1. The molecule has 118 valence electrons. The molecule has 0 saturated heterocycles. The van der Waals surface area contributed by atoms with Crippen LogP contribution in [0.4, 0.5) is 0 Å². The second-order valence-electron chi connectivity index (χ2n) is 5.58. The SMILES string of the molecule is C=C1c2ccccc2C(=O)N1CCC(=O)N(C)Cc1ccsc1. The van der Waals surface area contributed by atoms with Gasteiger partial charge in [0.25, 0.3) is 5.91 Å².